The molecule has 0 spiro atoms. The molecule has 1 aliphatic heterocycles. The van der Waals surface area contributed by atoms with Crippen LogP contribution in [0.2, 0.25) is 5.02 Å². The molecule has 0 atom stereocenters. The summed E-state index contributed by atoms with van der Waals surface area (Å²) in [6, 6.07) is 13.2. The second-order valence-corrected chi connectivity index (χ2v) is 7.77. The van der Waals surface area contributed by atoms with E-state index in [1.165, 1.54) is 27.8 Å². The zero-order valence-electron chi connectivity index (χ0n) is 12.4. The predicted octanol–water partition coefficient (Wildman–Crippen LogP) is 5.84. The quantitative estimate of drug-likeness (QED) is 0.443. The molecule has 0 aliphatic carbocycles. The Bertz CT molecular complexity index is 666. The Morgan fingerprint density at radius 2 is 1.90 bits per heavy atom. The molecule has 21 heavy (non-hydrogen) atoms. The predicted molar refractivity (Wildman–Crippen MR) is 99.1 cm³/mol. The van der Waals surface area contributed by atoms with Gasteiger partial charge in [0.25, 0.3) is 0 Å². The van der Waals surface area contributed by atoms with Crippen molar-refractivity contribution in [3.8, 4) is 11.1 Å². The number of halogens is 2. The number of nitrogens with zero attached hydrogens (tertiary/aromatic N) is 1. The van der Waals surface area contributed by atoms with E-state index in [1.807, 2.05) is 6.07 Å². The first-order valence-corrected chi connectivity index (χ1v) is 8.71. The first-order chi connectivity index (χ1) is 10.0. The fourth-order valence-corrected chi connectivity index (χ4v) is 3.75. The number of hydrogen-bond acceptors (Lipinski definition) is 1. The van der Waals surface area contributed by atoms with Crippen molar-refractivity contribution in [1.82, 2.24) is 3.11 Å². The molecule has 2 aromatic carbocycles. The van der Waals surface area contributed by atoms with Gasteiger partial charge < -0.3 is 0 Å². The number of fused-ring (bicyclic) bond motifs is 1. The molecule has 110 valence electrons. The van der Waals surface area contributed by atoms with Crippen molar-refractivity contribution in [1.29, 1.82) is 0 Å². The summed E-state index contributed by atoms with van der Waals surface area (Å²) in [6.45, 7) is 6.62. The lowest BCUT2D eigenvalue weighted by atomic mass is 9.90. The SMILES string of the molecule is CC(C)c1cc(Cl)ccc1-c1ccc2c(c1)CN(I)CC2. The van der Waals surface area contributed by atoms with Crippen molar-refractivity contribution in [2.75, 3.05) is 6.54 Å². The van der Waals surface area contributed by atoms with Crippen LogP contribution in [0.15, 0.2) is 36.4 Å². The van der Waals surface area contributed by atoms with Gasteiger partial charge in [0.2, 0.25) is 0 Å². The van der Waals surface area contributed by atoms with Crippen molar-refractivity contribution in [2.24, 2.45) is 0 Å². The fraction of sp³-hybridized carbons (Fsp3) is 0.333. The van der Waals surface area contributed by atoms with Gasteiger partial charge in [-0.2, -0.15) is 0 Å². The maximum Gasteiger partial charge on any atom is 0.0409 e. The second-order valence-electron chi connectivity index (χ2n) is 5.96. The molecule has 0 N–H and O–H groups in total. The Balaban J connectivity index is 2.07. The van der Waals surface area contributed by atoms with Gasteiger partial charge in [0.1, 0.15) is 0 Å². The first-order valence-electron chi connectivity index (χ1n) is 7.37. The lowest BCUT2D eigenvalue weighted by Crippen LogP contribution is -2.21. The van der Waals surface area contributed by atoms with E-state index in [9.17, 15) is 0 Å². The largest absolute Gasteiger partial charge is 0.243 e. The number of benzene rings is 2. The van der Waals surface area contributed by atoms with E-state index in [4.69, 9.17) is 11.6 Å². The summed E-state index contributed by atoms with van der Waals surface area (Å²) in [7, 11) is 0. The van der Waals surface area contributed by atoms with E-state index in [0.29, 0.717) is 5.92 Å². The maximum atomic E-state index is 6.18. The summed E-state index contributed by atoms with van der Waals surface area (Å²) in [6.07, 6.45) is 1.15. The van der Waals surface area contributed by atoms with Crippen LogP contribution >= 0.6 is 34.5 Å². The molecular weight excluding hydrogens is 393 g/mol. The van der Waals surface area contributed by atoms with Crippen molar-refractivity contribution in [3.05, 3.63) is 58.1 Å². The number of rotatable bonds is 2. The van der Waals surface area contributed by atoms with Crippen LogP contribution in [0.3, 0.4) is 0 Å². The van der Waals surface area contributed by atoms with Crippen LogP contribution in [0.1, 0.15) is 36.5 Å². The molecule has 0 saturated heterocycles. The monoisotopic (exact) mass is 411 g/mol. The topological polar surface area (TPSA) is 3.24 Å². The molecule has 0 aromatic heterocycles. The summed E-state index contributed by atoms with van der Waals surface area (Å²) in [4.78, 5) is 0. The molecule has 0 saturated carbocycles. The van der Waals surface area contributed by atoms with Crippen LogP contribution in [0.25, 0.3) is 11.1 Å². The first kappa shape index (κ1) is 15.3. The maximum absolute atomic E-state index is 6.18. The van der Waals surface area contributed by atoms with E-state index < -0.39 is 0 Å². The van der Waals surface area contributed by atoms with Crippen molar-refractivity contribution in [2.45, 2.75) is 32.7 Å². The number of hydrogen-bond donors (Lipinski definition) is 0. The fourth-order valence-electron chi connectivity index (χ4n) is 2.96. The molecule has 1 aliphatic rings. The molecule has 0 bridgehead atoms. The normalized spacial score (nSPS) is 15.3. The Kier molecular flexibility index (Phi) is 4.57. The van der Waals surface area contributed by atoms with E-state index in [2.05, 4.69) is 70.2 Å². The minimum atomic E-state index is 0.468. The zero-order chi connectivity index (χ0) is 15.0. The van der Waals surface area contributed by atoms with Gasteiger partial charge in [0.15, 0.2) is 0 Å². The van der Waals surface area contributed by atoms with Crippen LogP contribution in [0.5, 0.6) is 0 Å². The lowest BCUT2D eigenvalue weighted by Gasteiger charge is -2.24. The van der Waals surface area contributed by atoms with Gasteiger partial charge in [0, 0.05) is 41.0 Å². The third-order valence-corrected chi connectivity index (χ3v) is 5.18. The molecule has 3 rings (SSSR count). The van der Waals surface area contributed by atoms with Gasteiger partial charge in [-0.3, -0.25) is 0 Å². The smallest absolute Gasteiger partial charge is 0.0409 e. The highest BCUT2D eigenvalue weighted by Gasteiger charge is 2.16. The molecule has 1 heterocycles. The summed E-state index contributed by atoms with van der Waals surface area (Å²) in [5.41, 5.74) is 6.89. The molecule has 3 heteroatoms. The van der Waals surface area contributed by atoms with Gasteiger partial charge in [-0.25, -0.2) is 3.11 Å². The van der Waals surface area contributed by atoms with E-state index in [-0.39, 0.29) is 0 Å². The van der Waals surface area contributed by atoms with Gasteiger partial charge in [-0.15, -0.1) is 0 Å². The minimum absolute atomic E-state index is 0.468. The lowest BCUT2D eigenvalue weighted by molar-refractivity contribution is 0.481. The summed E-state index contributed by atoms with van der Waals surface area (Å²) in [5, 5.41) is 0.818. The van der Waals surface area contributed by atoms with Crippen LogP contribution < -0.4 is 0 Å². The van der Waals surface area contributed by atoms with Crippen molar-refractivity contribution >= 4 is 34.5 Å². The van der Waals surface area contributed by atoms with E-state index >= 15 is 0 Å². The summed E-state index contributed by atoms with van der Waals surface area (Å²) < 4.78 is 2.36. The zero-order valence-corrected chi connectivity index (χ0v) is 15.3. The van der Waals surface area contributed by atoms with E-state index in [1.54, 1.807) is 0 Å². The Morgan fingerprint density at radius 3 is 2.67 bits per heavy atom. The highest BCUT2D eigenvalue weighted by Crippen LogP contribution is 2.34. The van der Waals surface area contributed by atoms with Crippen LogP contribution in [-0.4, -0.2) is 9.66 Å². The van der Waals surface area contributed by atoms with Crippen molar-refractivity contribution in [3.63, 3.8) is 0 Å². The Hall–Kier alpha value is -0.580. The van der Waals surface area contributed by atoms with Gasteiger partial charge in [0.05, 0.1) is 0 Å². The highest BCUT2D eigenvalue weighted by molar-refractivity contribution is 14.1. The highest BCUT2D eigenvalue weighted by atomic mass is 127. The Labute approximate surface area is 145 Å². The summed E-state index contributed by atoms with van der Waals surface area (Å²) in [5.74, 6) is 0.468. The molecule has 2 aromatic rings. The molecule has 0 unspecified atom stereocenters. The second kappa shape index (κ2) is 6.27. The average molecular weight is 412 g/mol. The van der Waals surface area contributed by atoms with Crippen molar-refractivity contribution < 1.29 is 0 Å². The molecule has 0 fully saturated rings. The van der Waals surface area contributed by atoms with Crippen LogP contribution in [0, 0.1) is 0 Å². The average Bonchev–Trinajstić information content (AvgIpc) is 2.46. The van der Waals surface area contributed by atoms with Gasteiger partial charge >= 0.3 is 0 Å². The third kappa shape index (κ3) is 3.27. The molecule has 0 radical (unpaired) electrons. The Morgan fingerprint density at radius 1 is 1.10 bits per heavy atom. The minimum Gasteiger partial charge on any atom is -0.243 e. The van der Waals surface area contributed by atoms with E-state index in [0.717, 1.165) is 24.5 Å². The van der Waals surface area contributed by atoms with Crippen LogP contribution in [0.4, 0.5) is 0 Å². The third-order valence-electron chi connectivity index (χ3n) is 4.12. The molecular formula is C18H19ClIN. The summed E-state index contributed by atoms with van der Waals surface area (Å²) >= 11 is 8.59. The van der Waals surface area contributed by atoms with Gasteiger partial charge in [-0.1, -0.05) is 43.6 Å². The standard InChI is InChI=1S/C18H19ClIN/c1-12(2)18-10-16(19)5-6-17(18)14-4-3-13-7-8-21(20)11-15(13)9-14/h3-6,9-10,12H,7-8,11H2,1-2H3. The molecule has 0 amide bonds. The van der Waals surface area contributed by atoms with Gasteiger partial charge in [-0.05, 0) is 58.4 Å². The van der Waals surface area contributed by atoms with Crippen LogP contribution in [-0.2, 0) is 13.0 Å². The molecule has 1 nitrogen and oxygen atoms in total.